The van der Waals surface area contributed by atoms with Crippen LogP contribution in [0, 0.1) is 0 Å². The van der Waals surface area contributed by atoms with E-state index in [4.69, 9.17) is 16.7 Å². The fraction of sp³-hybridized carbons (Fsp3) is 0. The summed E-state index contributed by atoms with van der Waals surface area (Å²) in [4.78, 5) is 26.2. The van der Waals surface area contributed by atoms with Crippen LogP contribution in [-0.4, -0.2) is 27.5 Å². The summed E-state index contributed by atoms with van der Waals surface area (Å²) in [5.41, 5.74) is 1.05. The van der Waals surface area contributed by atoms with E-state index in [-0.39, 0.29) is 17.0 Å². The largest absolute Gasteiger partial charge is 0.507 e. The van der Waals surface area contributed by atoms with Crippen LogP contribution >= 0.6 is 11.6 Å². The molecule has 114 valence electrons. The van der Waals surface area contributed by atoms with Crippen LogP contribution in [0.25, 0.3) is 22.0 Å². The van der Waals surface area contributed by atoms with Gasteiger partial charge in [-0.3, -0.25) is 4.79 Å². The first-order valence-corrected chi connectivity index (χ1v) is 7.00. The van der Waals surface area contributed by atoms with Crippen LogP contribution in [0.5, 0.6) is 5.75 Å². The third-order valence-corrected chi connectivity index (χ3v) is 3.80. The standard InChI is InChI=1S/C17H10ClNO4/c18-13-4-5-14(17(22)23)19-16(13)10-1-3-11-9(7-10)2-6-15(21)12(11)8-20/h1-8,21H,(H,22,23). The number of nitrogens with zero attached hydrogens (tertiary/aromatic N) is 1. The van der Waals surface area contributed by atoms with Gasteiger partial charge >= 0.3 is 5.97 Å². The number of aromatic hydroxyl groups is 1. The molecule has 2 aromatic carbocycles. The molecule has 0 bridgehead atoms. The van der Waals surface area contributed by atoms with Crippen molar-refractivity contribution >= 4 is 34.6 Å². The van der Waals surface area contributed by atoms with E-state index in [1.54, 1.807) is 24.3 Å². The van der Waals surface area contributed by atoms with Crippen molar-refractivity contribution in [2.75, 3.05) is 0 Å². The molecule has 0 radical (unpaired) electrons. The van der Waals surface area contributed by atoms with Gasteiger partial charge < -0.3 is 10.2 Å². The van der Waals surface area contributed by atoms with Crippen LogP contribution in [0.15, 0.2) is 42.5 Å². The summed E-state index contributed by atoms with van der Waals surface area (Å²) < 4.78 is 0. The molecular weight excluding hydrogens is 318 g/mol. The number of halogens is 1. The molecule has 0 saturated carbocycles. The highest BCUT2D eigenvalue weighted by molar-refractivity contribution is 6.33. The summed E-state index contributed by atoms with van der Waals surface area (Å²) in [6.07, 6.45) is 0.591. The van der Waals surface area contributed by atoms with Crippen LogP contribution in [0.1, 0.15) is 20.8 Å². The Morgan fingerprint density at radius 1 is 1.13 bits per heavy atom. The van der Waals surface area contributed by atoms with Crippen LogP contribution in [0.4, 0.5) is 0 Å². The number of carbonyl (C=O) groups excluding carboxylic acids is 1. The second-order valence-corrected chi connectivity index (χ2v) is 5.29. The predicted molar refractivity (Wildman–Crippen MR) is 86.2 cm³/mol. The van der Waals surface area contributed by atoms with Gasteiger partial charge in [0.15, 0.2) is 6.29 Å². The third kappa shape index (κ3) is 2.62. The van der Waals surface area contributed by atoms with Crippen LogP contribution in [0.3, 0.4) is 0 Å². The van der Waals surface area contributed by atoms with Crippen molar-refractivity contribution < 1.29 is 19.8 Å². The summed E-state index contributed by atoms with van der Waals surface area (Å²) in [5.74, 6) is -1.24. The number of phenols is 1. The van der Waals surface area contributed by atoms with Gasteiger partial charge in [0.25, 0.3) is 0 Å². The zero-order valence-corrected chi connectivity index (χ0v) is 12.4. The lowest BCUT2D eigenvalue weighted by Gasteiger charge is -2.08. The molecular formula is C17H10ClNO4. The Hall–Kier alpha value is -2.92. The van der Waals surface area contributed by atoms with Crippen molar-refractivity contribution in [1.29, 1.82) is 0 Å². The Balaban J connectivity index is 2.22. The van der Waals surface area contributed by atoms with Gasteiger partial charge in [-0.1, -0.05) is 29.8 Å². The monoisotopic (exact) mass is 327 g/mol. The summed E-state index contributed by atoms with van der Waals surface area (Å²) in [6.45, 7) is 0. The predicted octanol–water partition coefficient (Wildman–Crippen LogP) is 3.77. The van der Waals surface area contributed by atoms with E-state index in [9.17, 15) is 14.7 Å². The molecule has 0 aliphatic carbocycles. The van der Waals surface area contributed by atoms with Gasteiger partial charge in [-0.25, -0.2) is 9.78 Å². The molecule has 0 atom stereocenters. The average Bonchev–Trinajstić information content (AvgIpc) is 2.54. The van der Waals surface area contributed by atoms with Crippen LogP contribution in [0.2, 0.25) is 5.02 Å². The van der Waals surface area contributed by atoms with Crippen molar-refractivity contribution in [3.8, 4) is 17.0 Å². The number of aldehydes is 1. The van der Waals surface area contributed by atoms with Gasteiger partial charge in [-0.15, -0.1) is 0 Å². The number of carboxylic acids is 1. The van der Waals surface area contributed by atoms with Crippen molar-refractivity contribution in [2.45, 2.75) is 0 Å². The zero-order valence-electron chi connectivity index (χ0n) is 11.7. The molecule has 2 N–H and O–H groups in total. The Labute approximate surface area is 135 Å². The summed E-state index contributed by atoms with van der Waals surface area (Å²) in [7, 11) is 0. The molecule has 5 nitrogen and oxygen atoms in total. The average molecular weight is 328 g/mol. The number of phenolic OH excluding ortho intramolecular Hbond substituents is 1. The molecule has 0 fully saturated rings. The van der Waals surface area contributed by atoms with E-state index in [2.05, 4.69) is 4.98 Å². The molecule has 23 heavy (non-hydrogen) atoms. The zero-order chi connectivity index (χ0) is 16.6. The lowest BCUT2D eigenvalue weighted by Crippen LogP contribution is -2.01. The maximum absolute atomic E-state index is 11.1. The molecule has 3 aromatic rings. The fourth-order valence-electron chi connectivity index (χ4n) is 2.38. The lowest BCUT2D eigenvalue weighted by molar-refractivity contribution is 0.0690. The van der Waals surface area contributed by atoms with Crippen molar-refractivity contribution in [3.63, 3.8) is 0 Å². The van der Waals surface area contributed by atoms with Gasteiger partial charge in [0.05, 0.1) is 16.3 Å². The lowest BCUT2D eigenvalue weighted by atomic mass is 10.0. The summed E-state index contributed by atoms with van der Waals surface area (Å²) in [5, 5.41) is 20.4. The Morgan fingerprint density at radius 3 is 2.61 bits per heavy atom. The minimum absolute atomic E-state index is 0.0933. The van der Waals surface area contributed by atoms with Gasteiger partial charge in [0.2, 0.25) is 0 Å². The number of aromatic carboxylic acids is 1. The highest BCUT2D eigenvalue weighted by Gasteiger charge is 2.13. The number of hydrogen-bond donors (Lipinski definition) is 2. The highest BCUT2D eigenvalue weighted by atomic mass is 35.5. The molecule has 6 heteroatoms. The third-order valence-electron chi connectivity index (χ3n) is 3.49. The minimum Gasteiger partial charge on any atom is -0.507 e. The maximum atomic E-state index is 11.1. The van der Waals surface area contributed by atoms with Gasteiger partial charge in [-0.05, 0) is 35.0 Å². The van der Waals surface area contributed by atoms with Crippen molar-refractivity contribution in [3.05, 3.63) is 58.7 Å². The number of aromatic nitrogens is 1. The number of carbonyl (C=O) groups is 2. The van der Waals surface area contributed by atoms with Crippen molar-refractivity contribution in [1.82, 2.24) is 4.98 Å². The number of fused-ring (bicyclic) bond motifs is 1. The Bertz CT molecular complexity index is 953. The molecule has 0 spiro atoms. The first kappa shape index (κ1) is 15.0. The Kier molecular flexibility index (Phi) is 3.72. The van der Waals surface area contributed by atoms with E-state index in [0.29, 0.717) is 33.3 Å². The van der Waals surface area contributed by atoms with E-state index in [0.717, 1.165) is 0 Å². The molecule has 0 unspecified atom stereocenters. The normalized spacial score (nSPS) is 10.7. The second-order valence-electron chi connectivity index (χ2n) is 4.88. The number of rotatable bonds is 3. The van der Waals surface area contributed by atoms with E-state index in [1.807, 2.05) is 0 Å². The topological polar surface area (TPSA) is 87.5 Å². The summed E-state index contributed by atoms with van der Waals surface area (Å²) in [6, 6.07) is 11.0. The van der Waals surface area contributed by atoms with E-state index < -0.39 is 5.97 Å². The first-order valence-electron chi connectivity index (χ1n) is 6.62. The van der Waals surface area contributed by atoms with Gasteiger partial charge in [0, 0.05) is 5.56 Å². The molecule has 3 rings (SSSR count). The quantitative estimate of drug-likeness (QED) is 0.715. The molecule has 1 aromatic heterocycles. The number of benzene rings is 2. The van der Waals surface area contributed by atoms with Crippen LogP contribution < -0.4 is 0 Å². The molecule has 0 amide bonds. The first-order chi connectivity index (χ1) is 11.0. The summed E-state index contributed by atoms with van der Waals surface area (Å²) >= 11 is 6.12. The number of pyridine rings is 1. The molecule has 1 heterocycles. The SMILES string of the molecule is O=Cc1c(O)ccc2cc(-c3nc(C(=O)O)ccc3Cl)ccc12. The van der Waals surface area contributed by atoms with E-state index >= 15 is 0 Å². The molecule has 0 aliphatic rings. The second kappa shape index (κ2) is 5.70. The van der Waals surface area contributed by atoms with Gasteiger partial charge in [-0.2, -0.15) is 0 Å². The van der Waals surface area contributed by atoms with E-state index in [1.165, 1.54) is 18.2 Å². The van der Waals surface area contributed by atoms with Crippen LogP contribution in [-0.2, 0) is 0 Å². The van der Waals surface area contributed by atoms with Crippen molar-refractivity contribution in [2.24, 2.45) is 0 Å². The number of carboxylic acid groups (broad SMARTS) is 1. The number of hydrogen-bond acceptors (Lipinski definition) is 4. The molecule has 0 saturated heterocycles. The fourth-order valence-corrected chi connectivity index (χ4v) is 2.59. The Morgan fingerprint density at radius 2 is 1.91 bits per heavy atom. The maximum Gasteiger partial charge on any atom is 0.354 e. The van der Waals surface area contributed by atoms with Gasteiger partial charge in [0.1, 0.15) is 11.4 Å². The molecule has 0 aliphatic heterocycles. The smallest absolute Gasteiger partial charge is 0.354 e. The highest BCUT2D eigenvalue weighted by Crippen LogP contribution is 2.32. The minimum atomic E-state index is -1.14.